The molecule has 2 aromatic carbocycles. The highest BCUT2D eigenvalue weighted by molar-refractivity contribution is 5.75. The number of anilines is 1. The van der Waals surface area contributed by atoms with E-state index in [1.807, 2.05) is 23.1 Å². The van der Waals surface area contributed by atoms with E-state index >= 15 is 0 Å². The summed E-state index contributed by atoms with van der Waals surface area (Å²) in [5.41, 5.74) is 2.67. The molecule has 2 amide bonds. The number of rotatable bonds is 5. The third-order valence-corrected chi connectivity index (χ3v) is 5.82. The number of ether oxygens (including phenoxy) is 1. The summed E-state index contributed by atoms with van der Waals surface area (Å²) in [7, 11) is 1.68. The van der Waals surface area contributed by atoms with Gasteiger partial charge in [-0.05, 0) is 42.7 Å². The Morgan fingerprint density at radius 2 is 1.67 bits per heavy atom. The van der Waals surface area contributed by atoms with Gasteiger partial charge in [-0.15, -0.1) is 0 Å². The molecule has 0 atom stereocenters. The molecule has 0 spiro atoms. The van der Waals surface area contributed by atoms with Crippen LogP contribution in [0.4, 0.5) is 10.5 Å². The highest BCUT2D eigenvalue weighted by Gasteiger charge is 2.44. The summed E-state index contributed by atoms with van der Waals surface area (Å²) in [4.78, 5) is 16.9. The van der Waals surface area contributed by atoms with E-state index in [0.717, 1.165) is 51.3 Å². The van der Waals surface area contributed by atoms with E-state index in [-0.39, 0.29) is 11.4 Å². The first-order valence-electron chi connectivity index (χ1n) is 9.67. The number of hydrogen-bond donors (Lipinski definition) is 1. The minimum atomic E-state index is 0.0617. The van der Waals surface area contributed by atoms with E-state index in [9.17, 15) is 4.79 Å². The summed E-state index contributed by atoms with van der Waals surface area (Å²) in [5, 5.41) is 3.18. The van der Waals surface area contributed by atoms with Crippen LogP contribution in [0.2, 0.25) is 0 Å². The van der Waals surface area contributed by atoms with Gasteiger partial charge in [0.1, 0.15) is 5.75 Å². The first-order chi connectivity index (χ1) is 13.2. The van der Waals surface area contributed by atoms with E-state index < -0.39 is 0 Å². The molecular formula is C22H27N3O2. The van der Waals surface area contributed by atoms with Gasteiger partial charge in [0.15, 0.2) is 0 Å². The van der Waals surface area contributed by atoms with Crippen molar-refractivity contribution in [2.75, 3.05) is 44.7 Å². The van der Waals surface area contributed by atoms with Crippen molar-refractivity contribution in [3.63, 3.8) is 0 Å². The van der Waals surface area contributed by atoms with Gasteiger partial charge in [0.25, 0.3) is 0 Å². The van der Waals surface area contributed by atoms with Crippen LogP contribution >= 0.6 is 0 Å². The number of nitrogens with one attached hydrogen (secondary N) is 1. The van der Waals surface area contributed by atoms with Gasteiger partial charge in [-0.1, -0.05) is 30.3 Å². The van der Waals surface area contributed by atoms with Gasteiger partial charge in [0.05, 0.1) is 7.11 Å². The van der Waals surface area contributed by atoms with Crippen LogP contribution < -0.4 is 15.0 Å². The molecule has 2 fully saturated rings. The molecule has 0 radical (unpaired) electrons. The lowest BCUT2D eigenvalue weighted by Crippen LogP contribution is -2.52. The minimum absolute atomic E-state index is 0.0617. The molecule has 0 unspecified atom stereocenters. The molecule has 27 heavy (non-hydrogen) atoms. The first kappa shape index (κ1) is 17.7. The van der Waals surface area contributed by atoms with Crippen LogP contribution in [-0.2, 0) is 5.41 Å². The van der Waals surface area contributed by atoms with Crippen molar-refractivity contribution in [2.45, 2.75) is 18.3 Å². The van der Waals surface area contributed by atoms with E-state index in [1.54, 1.807) is 7.11 Å². The van der Waals surface area contributed by atoms with Crippen molar-refractivity contribution in [3.05, 3.63) is 60.2 Å². The fourth-order valence-electron chi connectivity index (χ4n) is 3.83. The average Bonchev–Trinajstić information content (AvgIpc) is 3.54. The van der Waals surface area contributed by atoms with E-state index in [2.05, 4.69) is 46.6 Å². The molecule has 2 aliphatic rings. The quantitative estimate of drug-likeness (QED) is 0.885. The van der Waals surface area contributed by atoms with Crippen molar-refractivity contribution in [1.29, 1.82) is 0 Å². The second-order valence-electron chi connectivity index (χ2n) is 7.48. The normalized spacial score (nSPS) is 18.1. The van der Waals surface area contributed by atoms with Crippen molar-refractivity contribution in [1.82, 2.24) is 10.2 Å². The van der Waals surface area contributed by atoms with Crippen molar-refractivity contribution in [2.24, 2.45) is 0 Å². The fourth-order valence-corrected chi connectivity index (χ4v) is 3.83. The smallest absolute Gasteiger partial charge is 0.317 e. The topological polar surface area (TPSA) is 44.8 Å². The lowest BCUT2D eigenvalue weighted by Gasteiger charge is -2.36. The minimum Gasteiger partial charge on any atom is -0.497 e. The number of hydrogen-bond acceptors (Lipinski definition) is 3. The number of carbonyl (C=O) groups is 1. The molecule has 0 aromatic heterocycles. The molecule has 5 nitrogen and oxygen atoms in total. The Labute approximate surface area is 160 Å². The predicted octanol–water partition coefficient (Wildman–Crippen LogP) is 3.26. The number of methoxy groups -OCH3 is 1. The van der Waals surface area contributed by atoms with Gasteiger partial charge >= 0.3 is 6.03 Å². The fraction of sp³-hybridized carbons (Fsp3) is 0.409. The molecule has 1 N–H and O–H groups in total. The SMILES string of the molecule is COc1ccc(N2CCN(C(=O)NCC3(c4ccccc4)CC3)CC2)cc1. The molecule has 1 saturated heterocycles. The molecule has 1 heterocycles. The Bertz CT molecular complexity index is 764. The molecule has 2 aromatic rings. The summed E-state index contributed by atoms with van der Waals surface area (Å²) in [6, 6.07) is 18.7. The summed E-state index contributed by atoms with van der Waals surface area (Å²) in [6.45, 7) is 3.92. The molecule has 4 rings (SSSR count). The van der Waals surface area contributed by atoms with Crippen LogP contribution in [0.5, 0.6) is 5.75 Å². The maximum absolute atomic E-state index is 12.6. The Kier molecular flexibility index (Phi) is 4.92. The third-order valence-electron chi connectivity index (χ3n) is 5.82. The molecule has 1 saturated carbocycles. The monoisotopic (exact) mass is 365 g/mol. The van der Waals surface area contributed by atoms with Gasteiger partial charge in [0, 0.05) is 43.8 Å². The van der Waals surface area contributed by atoms with Crippen LogP contribution in [0.3, 0.4) is 0 Å². The number of nitrogens with zero attached hydrogens (tertiary/aromatic N) is 2. The maximum atomic E-state index is 12.6. The second-order valence-corrected chi connectivity index (χ2v) is 7.48. The molecule has 5 heteroatoms. The van der Waals surface area contributed by atoms with Crippen molar-refractivity contribution >= 4 is 11.7 Å². The molecule has 142 valence electrons. The number of urea groups is 1. The average molecular weight is 365 g/mol. The largest absolute Gasteiger partial charge is 0.497 e. The van der Waals surface area contributed by atoms with Crippen LogP contribution in [0.1, 0.15) is 18.4 Å². The van der Waals surface area contributed by atoms with Crippen molar-refractivity contribution < 1.29 is 9.53 Å². The highest BCUT2D eigenvalue weighted by atomic mass is 16.5. The zero-order chi connectivity index (χ0) is 18.7. The zero-order valence-electron chi connectivity index (χ0n) is 15.9. The second kappa shape index (κ2) is 7.51. The first-order valence-corrected chi connectivity index (χ1v) is 9.67. The number of amides is 2. The van der Waals surface area contributed by atoms with E-state index in [1.165, 1.54) is 11.3 Å². The summed E-state index contributed by atoms with van der Waals surface area (Å²) < 4.78 is 5.22. The van der Waals surface area contributed by atoms with Gasteiger partial charge in [-0.2, -0.15) is 0 Å². The maximum Gasteiger partial charge on any atom is 0.317 e. The third kappa shape index (κ3) is 3.87. The van der Waals surface area contributed by atoms with E-state index in [0.29, 0.717) is 0 Å². The van der Waals surface area contributed by atoms with Gasteiger partial charge in [-0.3, -0.25) is 0 Å². The lowest BCUT2D eigenvalue weighted by atomic mass is 9.96. The summed E-state index contributed by atoms with van der Waals surface area (Å²) in [5.74, 6) is 0.865. The summed E-state index contributed by atoms with van der Waals surface area (Å²) in [6.07, 6.45) is 2.31. The molecule has 1 aliphatic heterocycles. The standard InChI is InChI=1S/C22H27N3O2/c1-27-20-9-7-19(8-10-20)24-13-15-25(16-14-24)21(26)23-17-22(11-12-22)18-5-3-2-4-6-18/h2-10H,11-17H2,1H3,(H,23,26). The predicted molar refractivity (Wildman–Crippen MR) is 108 cm³/mol. The van der Waals surface area contributed by atoms with Crippen molar-refractivity contribution in [3.8, 4) is 5.75 Å². The van der Waals surface area contributed by atoms with Gasteiger partial charge < -0.3 is 19.9 Å². The van der Waals surface area contributed by atoms with Crippen LogP contribution in [-0.4, -0.2) is 50.8 Å². The highest BCUT2D eigenvalue weighted by Crippen LogP contribution is 2.47. The van der Waals surface area contributed by atoms with Crippen LogP contribution in [0.15, 0.2) is 54.6 Å². The Hall–Kier alpha value is -2.69. The molecular weight excluding hydrogens is 338 g/mol. The Morgan fingerprint density at radius 3 is 2.26 bits per heavy atom. The van der Waals surface area contributed by atoms with Gasteiger partial charge in [-0.25, -0.2) is 4.79 Å². The van der Waals surface area contributed by atoms with Gasteiger partial charge in [0.2, 0.25) is 0 Å². The summed E-state index contributed by atoms with van der Waals surface area (Å²) >= 11 is 0. The number of benzene rings is 2. The Morgan fingerprint density at radius 1 is 1.00 bits per heavy atom. The van der Waals surface area contributed by atoms with Crippen LogP contribution in [0, 0.1) is 0 Å². The van der Waals surface area contributed by atoms with E-state index in [4.69, 9.17) is 4.74 Å². The lowest BCUT2D eigenvalue weighted by molar-refractivity contribution is 0.193. The van der Waals surface area contributed by atoms with Crippen LogP contribution in [0.25, 0.3) is 0 Å². The number of carbonyl (C=O) groups excluding carboxylic acids is 1. The number of piperazine rings is 1. The zero-order valence-corrected chi connectivity index (χ0v) is 15.9. The molecule has 0 bridgehead atoms. The molecule has 1 aliphatic carbocycles. The Balaban J connectivity index is 1.27.